The largest absolute Gasteiger partial charge is 0.477 e. The van der Waals surface area contributed by atoms with Gasteiger partial charge in [0, 0.05) is 5.39 Å². The summed E-state index contributed by atoms with van der Waals surface area (Å²) in [5.41, 5.74) is 0.0178. The Kier molecular flexibility index (Phi) is 4.34. The number of fused-ring (bicyclic) bond motifs is 1. The zero-order valence-electron chi connectivity index (χ0n) is 10.9. The minimum Gasteiger partial charge on any atom is -0.477 e. The number of carbonyl (C=O) groups is 1. The summed E-state index contributed by atoms with van der Waals surface area (Å²) in [5.74, 6) is -0.629. The first-order valence-corrected chi connectivity index (χ1v) is 6.48. The van der Waals surface area contributed by atoms with Gasteiger partial charge < -0.3 is 9.84 Å². The molecule has 2 aromatic rings. The van der Waals surface area contributed by atoms with Crippen LogP contribution < -0.4 is 4.74 Å². The summed E-state index contributed by atoms with van der Waals surface area (Å²) in [6, 6.07) is 9.08. The lowest BCUT2D eigenvalue weighted by Gasteiger charge is -2.09. The van der Waals surface area contributed by atoms with Gasteiger partial charge >= 0.3 is 5.97 Å². The quantitative estimate of drug-likeness (QED) is 0.806. The minimum atomic E-state index is -1.04. The molecule has 0 fully saturated rings. The Balaban J connectivity index is 2.31. The van der Waals surface area contributed by atoms with Crippen molar-refractivity contribution in [3.63, 3.8) is 0 Å². The highest BCUT2D eigenvalue weighted by molar-refractivity contribution is 5.94. The van der Waals surface area contributed by atoms with Crippen LogP contribution in [0, 0.1) is 0 Å². The van der Waals surface area contributed by atoms with Crippen molar-refractivity contribution in [2.24, 2.45) is 0 Å². The Morgan fingerprint density at radius 2 is 2.11 bits per heavy atom. The second kappa shape index (κ2) is 6.18. The smallest absolute Gasteiger partial charge is 0.354 e. The molecule has 1 aromatic heterocycles. The number of aromatic carboxylic acids is 1. The number of pyridine rings is 1. The van der Waals surface area contributed by atoms with Crippen LogP contribution in [0.15, 0.2) is 30.3 Å². The van der Waals surface area contributed by atoms with Crippen LogP contribution in [-0.4, -0.2) is 22.7 Å². The Hall–Kier alpha value is -2.10. The van der Waals surface area contributed by atoms with Crippen molar-refractivity contribution >= 4 is 16.7 Å². The summed E-state index contributed by atoms with van der Waals surface area (Å²) >= 11 is 0. The number of ether oxygens (including phenoxy) is 1. The van der Waals surface area contributed by atoms with E-state index in [1.807, 2.05) is 24.3 Å². The minimum absolute atomic E-state index is 0.0178. The number of carboxylic acid groups (broad SMARTS) is 1. The van der Waals surface area contributed by atoms with Crippen LogP contribution in [0.25, 0.3) is 10.8 Å². The molecule has 1 aromatic carbocycles. The molecule has 0 radical (unpaired) electrons. The van der Waals surface area contributed by atoms with Gasteiger partial charge in [-0.25, -0.2) is 9.78 Å². The van der Waals surface area contributed by atoms with Crippen molar-refractivity contribution < 1.29 is 14.6 Å². The van der Waals surface area contributed by atoms with Crippen molar-refractivity contribution in [3.05, 3.63) is 36.0 Å². The van der Waals surface area contributed by atoms with E-state index in [2.05, 4.69) is 11.9 Å². The number of unbranched alkanes of at least 4 members (excludes halogenated alkanes) is 2. The zero-order valence-corrected chi connectivity index (χ0v) is 10.9. The van der Waals surface area contributed by atoms with Gasteiger partial charge in [-0.3, -0.25) is 0 Å². The molecule has 2 rings (SSSR count). The van der Waals surface area contributed by atoms with E-state index >= 15 is 0 Å². The van der Waals surface area contributed by atoms with E-state index in [1.54, 1.807) is 6.07 Å². The molecule has 0 aliphatic carbocycles. The zero-order chi connectivity index (χ0) is 13.7. The molecular formula is C15H17NO3. The number of carboxylic acids is 1. The Morgan fingerprint density at radius 3 is 2.84 bits per heavy atom. The molecule has 0 saturated carbocycles. The Labute approximate surface area is 112 Å². The van der Waals surface area contributed by atoms with Crippen LogP contribution in [0.2, 0.25) is 0 Å². The second-order valence-electron chi connectivity index (χ2n) is 4.39. The third kappa shape index (κ3) is 3.22. The highest BCUT2D eigenvalue weighted by Gasteiger charge is 2.11. The van der Waals surface area contributed by atoms with Crippen LogP contribution in [-0.2, 0) is 0 Å². The fraction of sp³-hybridized carbons (Fsp3) is 0.333. The van der Waals surface area contributed by atoms with Crippen LogP contribution in [0.4, 0.5) is 0 Å². The molecule has 100 valence electrons. The van der Waals surface area contributed by atoms with Crippen molar-refractivity contribution in [2.45, 2.75) is 26.2 Å². The molecule has 4 heteroatoms. The van der Waals surface area contributed by atoms with Crippen molar-refractivity contribution in [2.75, 3.05) is 6.61 Å². The van der Waals surface area contributed by atoms with Gasteiger partial charge in [-0.15, -0.1) is 0 Å². The van der Waals surface area contributed by atoms with Crippen LogP contribution in [0.3, 0.4) is 0 Å². The predicted molar refractivity (Wildman–Crippen MR) is 73.7 cm³/mol. The molecule has 0 aliphatic rings. The maximum atomic E-state index is 11.1. The summed E-state index contributed by atoms with van der Waals surface area (Å²) in [4.78, 5) is 15.1. The standard InChI is InChI=1S/C15H17NO3/c1-2-3-6-9-19-14-12-8-5-4-7-11(12)10-13(16-14)15(17)18/h4-5,7-8,10H,2-3,6,9H2,1H3,(H,17,18). The third-order valence-electron chi connectivity index (χ3n) is 2.91. The Bertz CT molecular complexity index is 581. The van der Waals surface area contributed by atoms with Gasteiger partial charge in [0.15, 0.2) is 5.69 Å². The van der Waals surface area contributed by atoms with Crippen molar-refractivity contribution in [1.29, 1.82) is 0 Å². The average Bonchev–Trinajstić information content (AvgIpc) is 2.43. The van der Waals surface area contributed by atoms with E-state index in [4.69, 9.17) is 9.84 Å². The number of benzene rings is 1. The monoisotopic (exact) mass is 259 g/mol. The lowest BCUT2D eigenvalue weighted by molar-refractivity contribution is 0.0689. The van der Waals surface area contributed by atoms with Crippen LogP contribution >= 0.6 is 0 Å². The summed E-state index contributed by atoms with van der Waals surface area (Å²) < 4.78 is 5.64. The first-order chi connectivity index (χ1) is 9.22. The molecule has 0 atom stereocenters. The number of nitrogens with zero attached hydrogens (tertiary/aromatic N) is 1. The van der Waals surface area contributed by atoms with E-state index in [0.29, 0.717) is 12.5 Å². The van der Waals surface area contributed by atoms with E-state index in [1.165, 1.54) is 0 Å². The maximum Gasteiger partial charge on any atom is 0.354 e. The summed E-state index contributed by atoms with van der Waals surface area (Å²) in [5, 5.41) is 10.7. The maximum absolute atomic E-state index is 11.1. The molecule has 4 nitrogen and oxygen atoms in total. The van der Waals surface area contributed by atoms with E-state index in [9.17, 15) is 4.79 Å². The summed E-state index contributed by atoms with van der Waals surface area (Å²) in [7, 11) is 0. The van der Waals surface area contributed by atoms with Crippen molar-refractivity contribution in [1.82, 2.24) is 4.98 Å². The number of aromatic nitrogens is 1. The highest BCUT2D eigenvalue weighted by atomic mass is 16.5. The van der Waals surface area contributed by atoms with E-state index < -0.39 is 5.97 Å². The van der Waals surface area contributed by atoms with Gasteiger partial charge in [-0.2, -0.15) is 0 Å². The fourth-order valence-electron chi connectivity index (χ4n) is 1.91. The van der Waals surface area contributed by atoms with Gasteiger partial charge in [0.25, 0.3) is 0 Å². The second-order valence-corrected chi connectivity index (χ2v) is 4.39. The lowest BCUT2D eigenvalue weighted by Crippen LogP contribution is -2.05. The SMILES string of the molecule is CCCCCOc1nc(C(=O)O)cc2ccccc12. The van der Waals surface area contributed by atoms with Gasteiger partial charge in [-0.05, 0) is 23.9 Å². The molecule has 0 spiro atoms. The van der Waals surface area contributed by atoms with E-state index in [0.717, 1.165) is 30.0 Å². The molecular weight excluding hydrogens is 242 g/mol. The van der Waals surface area contributed by atoms with Crippen molar-refractivity contribution in [3.8, 4) is 5.88 Å². The lowest BCUT2D eigenvalue weighted by atomic mass is 10.1. The van der Waals surface area contributed by atoms with Gasteiger partial charge in [0.2, 0.25) is 5.88 Å². The fourth-order valence-corrected chi connectivity index (χ4v) is 1.91. The molecule has 1 N–H and O–H groups in total. The molecule has 0 unspecified atom stereocenters. The molecule has 0 saturated heterocycles. The van der Waals surface area contributed by atoms with Gasteiger partial charge in [0.1, 0.15) is 0 Å². The molecule has 0 aliphatic heterocycles. The summed E-state index contributed by atoms with van der Waals surface area (Å²) in [6.45, 7) is 2.69. The number of hydrogen-bond donors (Lipinski definition) is 1. The topological polar surface area (TPSA) is 59.4 Å². The summed E-state index contributed by atoms with van der Waals surface area (Å²) in [6.07, 6.45) is 3.16. The molecule has 0 bridgehead atoms. The molecule has 1 heterocycles. The van der Waals surface area contributed by atoms with E-state index in [-0.39, 0.29) is 5.69 Å². The highest BCUT2D eigenvalue weighted by Crippen LogP contribution is 2.24. The first kappa shape index (κ1) is 13.3. The van der Waals surface area contributed by atoms with Gasteiger partial charge in [-0.1, -0.05) is 38.0 Å². The predicted octanol–water partition coefficient (Wildman–Crippen LogP) is 3.50. The normalized spacial score (nSPS) is 10.6. The first-order valence-electron chi connectivity index (χ1n) is 6.48. The Morgan fingerprint density at radius 1 is 1.32 bits per heavy atom. The molecule has 0 amide bonds. The van der Waals surface area contributed by atoms with Crippen LogP contribution in [0.1, 0.15) is 36.7 Å². The van der Waals surface area contributed by atoms with Gasteiger partial charge in [0.05, 0.1) is 6.61 Å². The van der Waals surface area contributed by atoms with Crippen LogP contribution in [0.5, 0.6) is 5.88 Å². The number of rotatable bonds is 6. The number of hydrogen-bond acceptors (Lipinski definition) is 3. The average molecular weight is 259 g/mol. The third-order valence-corrected chi connectivity index (χ3v) is 2.91. The molecule has 19 heavy (non-hydrogen) atoms.